The van der Waals surface area contributed by atoms with Gasteiger partial charge in [-0.1, -0.05) is 0 Å². The fourth-order valence-electron chi connectivity index (χ4n) is 2.48. The van der Waals surface area contributed by atoms with Crippen molar-refractivity contribution in [1.82, 2.24) is 9.88 Å². The molecule has 1 aliphatic rings. The molecule has 0 saturated heterocycles. The number of aromatic nitrogens is 1. The quantitative estimate of drug-likeness (QED) is 0.716. The normalized spacial score (nSPS) is 13.7. The second kappa shape index (κ2) is 5.21. The van der Waals surface area contributed by atoms with Crippen LogP contribution in [0.5, 0.6) is 0 Å². The SMILES string of the molecule is CS(=O)(=O)c1cc(F)c(-n2c(N)c3c(cc2=O)C(=O)NC3=O)c(F)c1. The van der Waals surface area contributed by atoms with Crippen LogP contribution in [0.25, 0.3) is 5.69 Å². The molecule has 0 bridgehead atoms. The molecule has 2 heterocycles. The lowest BCUT2D eigenvalue weighted by atomic mass is 10.1. The number of nitrogen functional groups attached to an aromatic ring is 1. The number of hydrogen-bond donors (Lipinski definition) is 2. The molecular weight excluding hydrogens is 360 g/mol. The van der Waals surface area contributed by atoms with Gasteiger partial charge in [-0.25, -0.2) is 17.2 Å². The fourth-order valence-corrected chi connectivity index (χ4v) is 3.12. The Hall–Kier alpha value is -3.08. The number of halogens is 2. The largest absolute Gasteiger partial charge is 0.384 e. The maximum Gasteiger partial charge on any atom is 0.262 e. The van der Waals surface area contributed by atoms with Crippen molar-refractivity contribution in [2.24, 2.45) is 0 Å². The zero-order valence-electron chi connectivity index (χ0n) is 12.5. The molecule has 0 radical (unpaired) electrons. The third-order valence-corrected chi connectivity index (χ3v) is 4.69. The lowest BCUT2D eigenvalue weighted by Gasteiger charge is -2.14. The summed E-state index contributed by atoms with van der Waals surface area (Å²) in [7, 11) is -3.90. The minimum Gasteiger partial charge on any atom is -0.384 e. The van der Waals surface area contributed by atoms with Gasteiger partial charge in [0.25, 0.3) is 17.4 Å². The third kappa shape index (κ3) is 2.48. The van der Waals surface area contributed by atoms with E-state index in [9.17, 15) is 31.6 Å². The van der Waals surface area contributed by atoms with Crippen molar-refractivity contribution in [2.75, 3.05) is 12.0 Å². The van der Waals surface area contributed by atoms with Crippen LogP contribution >= 0.6 is 0 Å². The van der Waals surface area contributed by atoms with E-state index in [1.165, 1.54) is 0 Å². The maximum absolute atomic E-state index is 14.3. The number of amides is 2. The van der Waals surface area contributed by atoms with Crippen LogP contribution in [0.4, 0.5) is 14.6 Å². The number of rotatable bonds is 2. The average Bonchev–Trinajstić information content (AvgIpc) is 2.75. The van der Waals surface area contributed by atoms with Crippen LogP contribution in [-0.2, 0) is 9.84 Å². The van der Waals surface area contributed by atoms with E-state index in [4.69, 9.17) is 5.73 Å². The van der Waals surface area contributed by atoms with Crippen molar-refractivity contribution in [3.05, 3.63) is 51.3 Å². The summed E-state index contributed by atoms with van der Waals surface area (Å²) < 4.78 is 51.9. The van der Waals surface area contributed by atoms with Gasteiger partial charge in [0.1, 0.15) is 11.5 Å². The molecule has 0 spiro atoms. The number of imide groups is 1. The molecule has 0 saturated carbocycles. The number of nitrogens with zero attached hydrogens (tertiary/aromatic N) is 1. The molecule has 3 rings (SSSR count). The van der Waals surface area contributed by atoms with Crippen LogP contribution in [0.1, 0.15) is 20.7 Å². The summed E-state index contributed by atoms with van der Waals surface area (Å²) in [6.07, 6.45) is 0.757. The van der Waals surface area contributed by atoms with E-state index in [1.54, 1.807) is 0 Å². The Balaban J connectivity index is 2.37. The molecule has 2 aromatic rings. The lowest BCUT2D eigenvalue weighted by Crippen LogP contribution is -2.26. The second-order valence-corrected chi connectivity index (χ2v) is 7.30. The van der Waals surface area contributed by atoms with Crippen molar-refractivity contribution in [3.8, 4) is 5.69 Å². The molecule has 0 atom stereocenters. The number of benzene rings is 1. The molecule has 11 heteroatoms. The van der Waals surface area contributed by atoms with Crippen molar-refractivity contribution in [2.45, 2.75) is 4.90 Å². The van der Waals surface area contributed by atoms with Gasteiger partial charge in [0.05, 0.1) is 16.0 Å². The first kappa shape index (κ1) is 16.8. The molecule has 1 aromatic carbocycles. The summed E-state index contributed by atoms with van der Waals surface area (Å²) in [5, 5.41) is 1.91. The highest BCUT2D eigenvalue weighted by Crippen LogP contribution is 2.27. The molecule has 1 aliphatic heterocycles. The van der Waals surface area contributed by atoms with Crippen LogP contribution in [0.2, 0.25) is 0 Å². The Bertz CT molecular complexity index is 1110. The van der Waals surface area contributed by atoms with Crippen LogP contribution in [0.3, 0.4) is 0 Å². The van der Waals surface area contributed by atoms with Gasteiger partial charge in [-0.05, 0) is 12.1 Å². The number of pyridine rings is 1. The first-order valence-electron chi connectivity index (χ1n) is 6.63. The highest BCUT2D eigenvalue weighted by atomic mass is 32.2. The predicted molar refractivity (Wildman–Crippen MR) is 81.3 cm³/mol. The predicted octanol–water partition coefficient (Wildman–Crippen LogP) is -0.0150. The molecule has 0 aliphatic carbocycles. The van der Waals surface area contributed by atoms with E-state index >= 15 is 0 Å². The van der Waals surface area contributed by atoms with Gasteiger partial charge < -0.3 is 5.73 Å². The van der Waals surface area contributed by atoms with Crippen LogP contribution in [-0.4, -0.2) is 31.1 Å². The first-order valence-corrected chi connectivity index (χ1v) is 8.52. The van der Waals surface area contributed by atoms with Crippen molar-refractivity contribution < 1.29 is 26.8 Å². The minimum absolute atomic E-state index is 0.308. The van der Waals surface area contributed by atoms with Gasteiger partial charge in [-0.2, -0.15) is 0 Å². The lowest BCUT2D eigenvalue weighted by molar-refractivity contribution is 0.0880. The molecular formula is C14H9F2N3O5S. The van der Waals surface area contributed by atoms with E-state index in [0.29, 0.717) is 16.7 Å². The van der Waals surface area contributed by atoms with Gasteiger partial charge >= 0.3 is 0 Å². The van der Waals surface area contributed by atoms with E-state index < -0.39 is 60.8 Å². The maximum atomic E-state index is 14.3. The zero-order valence-corrected chi connectivity index (χ0v) is 13.3. The molecule has 8 nitrogen and oxygen atoms in total. The van der Waals surface area contributed by atoms with E-state index in [0.717, 1.165) is 12.3 Å². The molecule has 2 amide bonds. The summed E-state index contributed by atoms with van der Waals surface area (Å²) in [6.45, 7) is 0. The standard InChI is InChI=1S/C14H9F2N3O5S/c1-25(23,24)5-2-7(15)11(8(16)3-5)19-9(20)4-6-10(12(19)17)14(22)18-13(6)21/h2-4H,17H2,1H3,(H,18,21,22). The van der Waals surface area contributed by atoms with Crippen LogP contribution in [0, 0.1) is 11.6 Å². The molecule has 0 fully saturated rings. The third-order valence-electron chi connectivity index (χ3n) is 3.60. The Morgan fingerprint density at radius 3 is 2.12 bits per heavy atom. The molecule has 25 heavy (non-hydrogen) atoms. The summed E-state index contributed by atoms with van der Waals surface area (Å²) in [4.78, 5) is 34.9. The summed E-state index contributed by atoms with van der Waals surface area (Å²) in [5.74, 6) is -5.17. The van der Waals surface area contributed by atoms with E-state index in [-0.39, 0.29) is 5.56 Å². The number of carbonyl (C=O) groups excluding carboxylic acids is 2. The van der Waals surface area contributed by atoms with Gasteiger partial charge in [0.15, 0.2) is 21.5 Å². The fraction of sp³-hybridized carbons (Fsp3) is 0.0714. The summed E-state index contributed by atoms with van der Waals surface area (Å²) >= 11 is 0. The van der Waals surface area contributed by atoms with Gasteiger partial charge in [-0.3, -0.25) is 24.3 Å². The number of hydrogen-bond acceptors (Lipinski definition) is 6. The molecule has 1 aromatic heterocycles. The van der Waals surface area contributed by atoms with Crippen LogP contribution < -0.4 is 16.6 Å². The summed E-state index contributed by atoms with van der Waals surface area (Å²) in [5.41, 5.74) is 2.96. The number of nitrogens with one attached hydrogen (secondary N) is 1. The number of carbonyl (C=O) groups is 2. The van der Waals surface area contributed by atoms with Crippen molar-refractivity contribution >= 4 is 27.5 Å². The molecule has 3 N–H and O–H groups in total. The second-order valence-electron chi connectivity index (χ2n) is 5.28. The Kier molecular flexibility index (Phi) is 3.49. The number of sulfone groups is 1. The number of anilines is 1. The van der Waals surface area contributed by atoms with Crippen molar-refractivity contribution in [3.63, 3.8) is 0 Å². The van der Waals surface area contributed by atoms with Gasteiger partial charge in [0.2, 0.25) is 0 Å². The van der Waals surface area contributed by atoms with E-state index in [2.05, 4.69) is 0 Å². The van der Waals surface area contributed by atoms with Crippen LogP contribution in [0.15, 0.2) is 27.9 Å². The first-order chi connectivity index (χ1) is 11.5. The Morgan fingerprint density at radius 1 is 1.04 bits per heavy atom. The van der Waals surface area contributed by atoms with Crippen molar-refractivity contribution in [1.29, 1.82) is 0 Å². The minimum atomic E-state index is -3.90. The zero-order chi connectivity index (χ0) is 18.7. The van der Waals surface area contributed by atoms with E-state index in [1.807, 2.05) is 5.32 Å². The number of nitrogens with two attached hydrogens (primary N) is 1. The van der Waals surface area contributed by atoms with Gasteiger partial charge in [-0.15, -0.1) is 0 Å². The molecule has 130 valence electrons. The average molecular weight is 369 g/mol. The Labute approximate surface area is 138 Å². The monoisotopic (exact) mass is 369 g/mol. The highest BCUT2D eigenvalue weighted by molar-refractivity contribution is 7.90. The number of fused-ring (bicyclic) bond motifs is 1. The topological polar surface area (TPSA) is 128 Å². The summed E-state index contributed by atoms with van der Waals surface area (Å²) in [6, 6.07) is 1.77. The Morgan fingerprint density at radius 2 is 1.60 bits per heavy atom. The molecule has 0 unspecified atom stereocenters. The van der Waals surface area contributed by atoms with Gasteiger partial charge in [0, 0.05) is 12.3 Å². The highest BCUT2D eigenvalue weighted by Gasteiger charge is 2.33. The smallest absolute Gasteiger partial charge is 0.262 e.